The first-order valence-electron chi connectivity index (χ1n) is 8.15. The number of amides is 1. The highest BCUT2D eigenvalue weighted by Crippen LogP contribution is 2.22. The number of carbonyl (C=O) groups is 1. The highest BCUT2D eigenvalue weighted by molar-refractivity contribution is 7.89. The lowest BCUT2D eigenvalue weighted by Crippen LogP contribution is -2.50. The van der Waals surface area contributed by atoms with E-state index in [1.807, 2.05) is 6.07 Å². The van der Waals surface area contributed by atoms with Crippen molar-refractivity contribution in [2.75, 3.05) is 33.3 Å². The lowest BCUT2D eigenvalue weighted by Gasteiger charge is -2.34. The minimum Gasteiger partial charge on any atom is -0.497 e. The first-order valence-corrected chi connectivity index (χ1v) is 10.0. The Labute approximate surface area is 158 Å². The first-order chi connectivity index (χ1) is 12.4. The normalized spacial score (nSPS) is 15.7. The molecule has 1 aliphatic heterocycles. The molecule has 26 heavy (non-hydrogen) atoms. The number of rotatable bonds is 4. The summed E-state index contributed by atoms with van der Waals surface area (Å²) in [6.07, 6.45) is 0. The van der Waals surface area contributed by atoms with Gasteiger partial charge in [0.1, 0.15) is 5.75 Å². The predicted molar refractivity (Wildman–Crippen MR) is 101 cm³/mol. The molecule has 0 aromatic heterocycles. The number of methoxy groups -OCH3 is 1. The molecule has 0 saturated carbocycles. The standard InChI is InChI=1S/C18H20N2O4S2/c1-24-14-6-8-15(9-7-14)26(22,23)20-12-10-19(11-13-20)18(21)16-4-2-3-5-17(16)25/h2-9,25H,10-13H2,1H3. The molecule has 2 aromatic rings. The number of carbonyl (C=O) groups excluding carboxylic acids is 1. The fourth-order valence-corrected chi connectivity index (χ4v) is 4.53. The van der Waals surface area contributed by atoms with Crippen LogP contribution in [0.25, 0.3) is 0 Å². The van der Waals surface area contributed by atoms with Crippen LogP contribution in [0.3, 0.4) is 0 Å². The van der Waals surface area contributed by atoms with E-state index >= 15 is 0 Å². The summed E-state index contributed by atoms with van der Waals surface area (Å²) in [6, 6.07) is 13.4. The largest absolute Gasteiger partial charge is 0.497 e. The van der Waals surface area contributed by atoms with Crippen LogP contribution in [0.1, 0.15) is 10.4 Å². The average Bonchev–Trinajstić information content (AvgIpc) is 2.68. The molecule has 2 aromatic carbocycles. The molecular formula is C18H20N2O4S2. The van der Waals surface area contributed by atoms with Gasteiger partial charge in [0.05, 0.1) is 17.6 Å². The Morgan fingerprint density at radius 1 is 1.00 bits per heavy atom. The van der Waals surface area contributed by atoms with Gasteiger partial charge in [0.25, 0.3) is 5.91 Å². The molecule has 1 saturated heterocycles. The van der Waals surface area contributed by atoms with Crippen molar-refractivity contribution >= 4 is 28.6 Å². The Bertz CT molecular complexity index is 890. The molecule has 0 bridgehead atoms. The van der Waals surface area contributed by atoms with Crippen molar-refractivity contribution in [2.45, 2.75) is 9.79 Å². The first kappa shape index (κ1) is 18.8. The minimum atomic E-state index is -3.58. The van der Waals surface area contributed by atoms with E-state index in [2.05, 4.69) is 12.6 Å². The summed E-state index contributed by atoms with van der Waals surface area (Å²) in [5.74, 6) is 0.474. The fraction of sp³-hybridized carbons (Fsp3) is 0.278. The third-order valence-corrected chi connectivity index (χ3v) is 6.66. The Morgan fingerprint density at radius 2 is 1.62 bits per heavy atom. The van der Waals surface area contributed by atoms with E-state index in [4.69, 9.17) is 4.74 Å². The van der Waals surface area contributed by atoms with E-state index in [0.717, 1.165) is 0 Å². The van der Waals surface area contributed by atoms with Crippen LogP contribution in [-0.4, -0.2) is 56.8 Å². The van der Waals surface area contributed by atoms with Gasteiger partial charge in [-0.15, -0.1) is 12.6 Å². The van der Waals surface area contributed by atoms with Gasteiger partial charge in [-0.05, 0) is 36.4 Å². The zero-order valence-electron chi connectivity index (χ0n) is 14.3. The van der Waals surface area contributed by atoms with Crippen molar-refractivity contribution in [3.05, 3.63) is 54.1 Å². The monoisotopic (exact) mass is 392 g/mol. The number of nitrogens with zero attached hydrogens (tertiary/aromatic N) is 2. The summed E-state index contributed by atoms with van der Waals surface area (Å²) in [4.78, 5) is 15.1. The molecule has 138 valence electrons. The Kier molecular flexibility index (Phi) is 5.55. The van der Waals surface area contributed by atoms with Gasteiger partial charge >= 0.3 is 0 Å². The Balaban J connectivity index is 1.69. The van der Waals surface area contributed by atoms with Gasteiger partial charge < -0.3 is 9.64 Å². The zero-order valence-corrected chi connectivity index (χ0v) is 16.0. The maximum absolute atomic E-state index is 12.8. The average molecular weight is 393 g/mol. The van der Waals surface area contributed by atoms with E-state index in [-0.39, 0.29) is 23.9 Å². The molecule has 0 aliphatic carbocycles. The van der Waals surface area contributed by atoms with Gasteiger partial charge in [0.2, 0.25) is 10.0 Å². The van der Waals surface area contributed by atoms with Crippen molar-refractivity contribution in [3.63, 3.8) is 0 Å². The topological polar surface area (TPSA) is 66.9 Å². The van der Waals surface area contributed by atoms with Crippen molar-refractivity contribution < 1.29 is 17.9 Å². The summed E-state index contributed by atoms with van der Waals surface area (Å²) in [7, 11) is -2.05. The number of thiol groups is 1. The smallest absolute Gasteiger partial charge is 0.255 e. The van der Waals surface area contributed by atoms with E-state index in [1.165, 1.54) is 23.5 Å². The van der Waals surface area contributed by atoms with Gasteiger partial charge in [0.15, 0.2) is 0 Å². The van der Waals surface area contributed by atoms with Gasteiger partial charge in [-0.1, -0.05) is 12.1 Å². The molecule has 0 spiro atoms. The molecule has 1 aliphatic rings. The summed E-state index contributed by atoms with van der Waals surface area (Å²) in [5, 5.41) is 0. The maximum Gasteiger partial charge on any atom is 0.255 e. The van der Waals surface area contributed by atoms with Crippen LogP contribution in [0, 0.1) is 0 Å². The van der Waals surface area contributed by atoms with Crippen LogP contribution in [-0.2, 0) is 10.0 Å². The number of sulfonamides is 1. The lowest BCUT2D eigenvalue weighted by atomic mass is 10.2. The van der Waals surface area contributed by atoms with Crippen LogP contribution in [0.2, 0.25) is 0 Å². The van der Waals surface area contributed by atoms with E-state index in [0.29, 0.717) is 29.3 Å². The Morgan fingerprint density at radius 3 is 2.19 bits per heavy atom. The third kappa shape index (κ3) is 3.72. The molecule has 3 rings (SSSR count). The van der Waals surface area contributed by atoms with Crippen LogP contribution < -0.4 is 4.74 Å². The highest BCUT2D eigenvalue weighted by Gasteiger charge is 2.30. The highest BCUT2D eigenvalue weighted by atomic mass is 32.2. The van der Waals surface area contributed by atoms with Crippen LogP contribution in [0.5, 0.6) is 5.75 Å². The van der Waals surface area contributed by atoms with Crippen LogP contribution in [0.15, 0.2) is 58.3 Å². The molecule has 8 heteroatoms. The van der Waals surface area contributed by atoms with E-state index < -0.39 is 10.0 Å². The second-order valence-electron chi connectivity index (χ2n) is 5.89. The van der Waals surface area contributed by atoms with Crippen LogP contribution in [0.4, 0.5) is 0 Å². The third-order valence-electron chi connectivity index (χ3n) is 4.36. The quantitative estimate of drug-likeness (QED) is 0.810. The molecule has 0 N–H and O–H groups in total. The molecule has 1 amide bonds. The van der Waals surface area contributed by atoms with Gasteiger partial charge in [-0.3, -0.25) is 4.79 Å². The van der Waals surface area contributed by atoms with Gasteiger partial charge in [-0.2, -0.15) is 4.31 Å². The van der Waals surface area contributed by atoms with Crippen LogP contribution >= 0.6 is 12.6 Å². The molecule has 1 heterocycles. The molecule has 1 fully saturated rings. The number of ether oxygens (including phenoxy) is 1. The number of hydrogen-bond acceptors (Lipinski definition) is 5. The SMILES string of the molecule is COc1ccc(S(=O)(=O)N2CCN(C(=O)c3ccccc3S)CC2)cc1. The number of piperazine rings is 1. The maximum atomic E-state index is 12.8. The Hall–Kier alpha value is -2.03. The number of hydrogen-bond donors (Lipinski definition) is 1. The van der Waals surface area contributed by atoms with E-state index in [9.17, 15) is 13.2 Å². The molecule has 0 unspecified atom stereocenters. The van der Waals surface area contributed by atoms with Crippen molar-refractivity contribution in [1.29, 1.82) is 0 Å². The summed E-state index contributed by atoms with van der Waals surface area (Å²) in [5.41, 5.74) is 0.530. The summed E-state index contributed by atoms with van der Waals surface area (Å²) < 4.78 is 32.0. The second kappa shape index (κ2) is 7.69. The minimum absolute atomic E-state index is 0.128. The lowest BCUT2D eigenvalue weighted by molar-refractivity contribution is 0.0694. The number of benzene rings is 2. The van der Waals surface area contributed by atoms with Gasteiger partial charge in [0, 0.05) is 31.1 Å². The molecular weight excluding hydrogens is 372 g/mol. The fourth-order valence-electron chi connectivity index (χ4n) is 2.85. The van der Waals surface area contributed by atoms with Crippen molar-refractivity contribution in [1.82, 2.24) is 9.21 Å². The van der Waals surface area contributed by atoms with Crippen molar-refractivity contribution in [3.8, 4) is 5.75 Å². The molecule has 6 nitrogen and oxygen atoms in total. The summed E-state index contributed by atoms with van der Waals surface area (Å²) in [6.45, 7) is 1.20. The second-order valence-corrected chi connectivity index (χ2v) is 8.31. The van der Waals surface area contributed by atoms with Gasteiger partial charge in [-0.25, -0.2) is 8.42 Å². The summed E-state index contributed by atoms with van der Waals surface area (Å²) >= 11 is 4.32. The molecule has 0 atom stereocenters. The predicted octanol–water partition coefficient (Wildman–Crippen LogP) is 2.13. The van der Waals surface area contributed by atoms with E-state index in [1.54, 1.807) is 35.2 Å². The van der Waals surface area contributed by atoms with Crippen molar-refractivity contribution in [2.24, 2.45) is 0 Å². The zero-order chi connectivity index (χ0) is 18.7. The molecule has 0 radical (unpaired) electrons.